The number of benzene rings is 2. The van der Waals surface area contributed by atoms with E-state index >= 15 is 0 Å². The highest BCUT2D eigenvalue weighted by atomic mass is 16.5. The smallest absolute Gasteiger partial charge is 0.240 e. The zero-order chi connectivity index (χ0) is 13.7. The fraction of sp³-hybridized carbons (Fsp3) is 0.133. The van der Waals surface area contributed by atoms with Gasteiger partial charge < -0.3 is 0 Å². The molecule has 0 amide bonds. The zero-order valence-electron chi connectivity index (χ0n) is 10.6. The Hall–Kier alpha value is -2.42. The normalized spacial score (nSPS) is 9.79. The standard InChI is InChI=1S/C15H14N2O2/c1-17(19)15-8-4-13(5-9-15)10-12-2-6-14(7-3-12)16-11-18/h2-9,19H,10H2,1H3. The summed E-state index contributed by atoms with van der Waals surface area (Å²) in [7, 11) is 1.58. The van der Waals surface area contributed by atoms with Gasteiger partial charge in [-0.1, -0.05) is 24.3 Å². The lowest BCUT2D eigenvalue weighted by molar-refractivity contribution is 0.279. The molecule has 1 N–H and O–H groups in total. The van der Waals surface area contributed by atoms with E-state index in [2.05, 4.69) is 4.99 Å². The van der Waals surface area contributed by atoms with Gasteiger partial charge >= 0.3 is 0 Å². The van der Waals surface area contributed by atoms with Gasteiger partial charge in [0.15, 0.2) is 0 Å². The molecule has 4 heteroatoms. The van der Waals surface area contributed by atoms with Gasteiger partial charge in [-0.2, -0.15) is 4.99 Å². The predicted octanol–water partition coefficient (Wildman–Crippen LogP) is 3.07. The summed E-state index contributed by atoms with van der Waals surface area (Å²) in [5.74, 6) is 0. The third kappa shape index (κ3) is 3.52. The van der Waals surface area contributed by atoms with Crippen molar-refractivity contribution in [3.05, 3.63) is 59.7 Å². The Bertz CT molecular complexity index is 583. The molecule has 0 fully saturated rings. The molecule has 0 aliphatic carbocycles. The summed E-state index contributed by atoms with van der Waals surface area (Å²) in [6.07, 6.45) is 2.31. The molecule has 0 radical (unpaired) electrons. The molecular weight excluding hydrogens is 240 g/mol. The topological polar surface area (TPSA) is 52.9 Å². The van der Waals surface area contributed by atoms with Gasteiger partial charge in [0.05, 0.1) is 11.4 Å². The Morgan fingerprint density at radius 1 is 1.05 bits per heavy atom. The number of nitrogens with zero attached hydrogens (tertiary/aromatic N) is 2. The lowest BCUT2D eigenvalue weighted by Crippen LogP contribution is -2.09. The number of carbonyl (C=O) groups excluding carboxylic acids is 1. The van der Waals surface area contributed by atoms with E-state index in [0.29, 0.717) is 5.69 Å². The third-order valence-corrected chi connectivity index (χ3v) is 2.83. The van der Waals surface area contributed by atoms with Crippen molar-refractivity contribution in [3.8, 4) is 0 Å². The van der Waals surface area contributed by atoms with Crippen molar-refractivity contribution in [2.75, 3.05) is 12.1 Å². The lowest BCUT2D eigenvalue weighted by atomic mass is 10.0. The maximum Gasteiger partial charge on any atom is 0.240 e. The van der Waals surface area contributed by atoms with Crippen LogP contribution in [-0.2, 0) is 11.2 Å². The van der Waals surface area contributed by atoms with Crippen LogP contribution in [0.3, 0.4) is 0 Å². The van der Waals surface area contributed by atoms with E-state index in [-0.39, 0.29) is 0 Å². The first-order valence-corrected chi connectivity index (χ1v) is 5.87. The highest BCUT2D eigenvalue weighted by molar-refractivity contribution is 5.50. The Labute approximate surface area is 111 Å². The quantitative estimate of drug-likeness (QED) is 0.518. The summed E-state index contributed by atoms with van der Waals surface area (Å²) >= 11 is 0. The molecule has 0 saturated heterocycles. The monoisotopic (exact) mass is 254 g/mol. The van der Waals surface area contributed by atoms with Gasteiger partial charge in [0.25, 0.3) is 0 Å². The Morgan fingerprint density at radius 3 is 2.05 bits per heavy atom. The highest BCUT2D eigenvalue weighted by Crippen LogP contribution is 2.17. The third-order valence-electron chi connectivity index (χ3n) is 2.83. The van der Waals surface area contributed by atoms with Gasteiger partial charge in [-0.25, -0.2) is 4.79 Å². The van der Waals surface area contributed by atoms with E-state index in [1.165, 1.54) is 6.08 Å². The second kappa shape index (κ2) is 5.96. The van der Waals surface area contributed by atoms with Crippen LogP contribution in [0.5, 0.6) is 0 Å². The molecular formula is C15H14N2O2. The van der Waals surface area contributed by atoms with Crippen molar-refractivity contribution in [2.24, 2.45) is 4.99 Å². The van der Waals surface area contributed by atoms with E-state index in [1.807, 2.05) is 36.4 Å². The second-order valence-electron chi connectivity index (χ2n) is 4.24. The minimum absolute atomic E-state index is 0.607. The minimum Gasteiger partial charge on any atom is -0.289 e. The van der Waals surface area contributed by atoms with Gasteiger partial charge in [-0.3, -0.25) is 10.3 Å². The number of hydrogen-bond acceptors (Lipinski definition) is 4. The molecule has 4 nitrogen and oxygen atoms in total. The summed E-state index contributed by atoms with van der Waals surface area (Å²) in [5.41, 5.74) is 3.64. The van der Waals surface area contributed by atoms with Gasteiger partial charge in [0.1, 0.15) is 0 Å². The fourth-order valence-electron chi connectivity index (χ4n) is 1.81. The van der Waals surface area contributed by atoms with Crippen LogP contribution in [0.15, 0.2) is 53.5 Å². The molecule has 96 valence electrons. The van der Waals surface area contributed by atoms with Crippen molar-refractivity contribution in [1.82, 2.24) is 0 Å². The minimum atomic E-state index is 0.607. The van der Waals surface area contributed by atoms with Crippen LogP contribution in [0.2, 0.25) is 0 Å². The van der Waals surface area contributed by atoms with Gasteiger partial charge in [-0.05, 0) is 41.8 Å². The zero-order valence-corrected chi connectivity index (χ0v) is 10.6. The van der Waals surface area contributed by atoms with Crippen molar-refractivity contribution in [1.29, 1.82) is 0 Å². The van der Waals surface area contributed by atoms with Crippen molar-refractivity contribution >= 4 is 17.5 Å². The molecule has 0 heterocycles. The van der Waals surface area contributed by atoms with Crippen molar-refractivity contribution in [3.63, 3.8) is 0 Å². The van der Waals surface area contributed by atoms with Crippen molar-refractivity contribution < 1.29 is 10.0 Å². The van der Waals surface area contributed by atoms with E-state index in [9.17, 15) is 10.0 Å². The highest BCUT2D eigenvalue weighted by Gasteiger charge is 1.99. The summed E-state index contributed by atoms with van der Waals surface area (Å²) in [6, 6.07) is 15.1. The summed E-state index contributed by atoms with van der Waals surface area (Å²) in [6.45, 7) is 0. The first-order chi connectivity index (χ1) is 9.19. The van der Waals surface area contributed by atoms with Crippen LogP contribution < -0.4 is 5.06 Å². The summed E-state index contributed by atoms with van der Waals surface area (Å²) in [4.78, 5) is 13.7. The number of hydrogen-bond donors (Lipinski definition) is 1. The number of aliphatic imine (C=N–C) groups is 1. The van der Waals surface area contributed by atoms with E-state index < -0.39 is 0 Å². The van der Waals surface area contributed by atoms with Crippen molar-refractivity contribution in [2.45, 2.75) is 6.42 Å². The van der Waals surface area contributed by atoms with Crippen LogP contribution in [0.4, 0.5) is 11.4 Å². The number of rotatable bonds is 4. The first-order valence-electron chi connectivity index (χ1n) is 5.87. The number of anilines is 1. The molecule has 0 atom stereocenters. The van der Waals surface area contributed by atoms with Gasteiger partial charge in [-0.15, -0.1) is 0 Å². The molecule has 0 aliphatic heterocycles. The average Bonchev–Trinajstić information content (AvgIpc) is 2.42. The summed E-state index contributed by atoms with van der Waals surface area (Å²) in [5, 5.41) is 10.4. The Morgan fingerprint density at radius 2 is 1.58 bits per heavy atom. The molecule has 19 heavy (non-hydrogen) atoms. The first kappa shape index (κ1) is 13.0. The summed E-state index contributed by atoms with van der Waals surface area (Å²) < 4.78 is 0. The average molecular weight is 254 g/mol. The lowest BCUT2D eigenvalue weighted by Gasteiger charge is -2.10. The van der Waals surface area contributed by atoms with Crippen LogP contribution >= 0.6 is 0 Å². The molecule has 0 spiro atoms. The van der Waals surface area contributed by atoms with Crippen LogP contribution in [0, 0.1) is 0 Å². The Kier molecular flexibility index (Phi) is 4.08. The van der Waals surface area contributed by atoms with E-state index in [1.54, 1.807) is 19.2 Å². The SMILES string of the molecule is CN(O)c1ccc(Cc2ccc(N=C=O)cc2)cc1. The van der Waals surface area contributed by atoms with Crippen LogP contribution in [0.1, 0.15) is 11.1 Å². The van der Waals surface area contributed by atoms with E-state index in [0.717, 1.165) is 28.3 Å². The Balaban J connectivity index is 2.10. The fourth-order valence-corrected chi connectivity index (χ4v) is 1.81. The predicted molar refractivity (Wildman–Crippen MR) is 73.7 cm³/mol. The molecule has 0 bridgehead atoms. The molecule has 0 unspecified atom stereocenters. The molecule has 2 aromatic carbocycles. The molecule has 0 saturated carbocycles. The molecule has 0 aliphatic rings. The van der Waals surface area contributed by atoms with E-state index in [4.69, 9.17) is 0 Å². The maximum absolute atomic E-state index is 10.1. The second-order valence-corrected chi connectivity index (χ2v) is 4.24. The van der Waals surface area contributed by atoms with Gasteiger partial charge in [0, 0.05) is 7.05 Å². The molecule has 0 aromatic heterocycles. The maximum atomic E-state index is 10.1. The largest absolute Gasteiger partial charge is 0.289 e. The number of hydroxylamine groups is 1. The molecule has 2 aromatic rings. The number of isocyanates is 1. The van der Waals surface area contributed by atoms with Gasteiger partial charge in [0.2, 0.25) is 6.08 Å². The molecule has 2 rings (SSSR count). The van der Waals surface area contributed by atoms with Crippen LogP contribution in [0.25, 0.3) is 0 Å². The van der Waals surface area contributed by atoms with Crippen LogP contribution in [-0.4, -0.2) is 18.3 Å².